The van der Waals surface area contributed by atoms with Crippen molar-refractivity contribution in [1.29, 1.82) is 0 Å². The lowest BCUT2D eigenvalue weighted by Crippen LogP contribution is -2.11. The first-order valence-electron chi connectivity index (χ1n) is 3.60. The van der Waals surface area contributed by atoms with Gasteiger partial charge in [0.05, 0.1) is 11.1 Å². The highest BCUT2D eigenvalue weighted by molar-refractivity contribution is 5.99. The molecule has 0 saturated heterocycles. The highest BCUT2D eigenvalue weighted by Crippen LogP contribution is 2.12. The predicted molar refractivity (Wildman–Crippen MR) is 49.2 cm³/mol. The van der Waals surface area contributed by atoms with E-state index in [1.165, 1.54) is 0 Å². The molecule has 0 aromatic rings. The summed E-state index contributed by atoms with van der Waals surface area (Å²) in [6, 6.07) is 0. The largest absolute Gasteiger partial charge is 0.478 e. The van der Waals surface area contributed by atoms with Crippen LogP contribution in [-0.2, 0) is 9.59 Å². The minimum Gasteiger partial charge on any atom is -0.478 e. The lowest BCUT2D eigenvalue weighted by Gasteiger charge is -2.02. The molecule has 0 spiro atoms. The fraction of sp³-hybridized carbons (Fsp3) is 0.200. The van der Waals surface area contributed by atoms with Crippen molar-refractivity contribution < 1.29 is 19.8 Å². The van der Waals surface area contributed by atoms with E-state index in [0.29, 0.717) is 0 Å². The van der Waals surface area contributed by atoms with Crippen LogP contribution in [0.4, 0.5) is 0 Å². The van der Waals surface area contributed by atoms with Gasteiger partial charge in [0.2, 0.25) is 0 Å². The van der Waals surface area contributed by atoms with Gasteiger partial charge in [0.25, 0.3) is 0 Å². The Morgan fingerprint density at radius 3 is 1.36 bits per heavy atom. The molecule has 4 heteroatoms. The molecule has 0 aliphatic heterocycles. The highest BCUT2D eigenvalue weighted by atomic mass is 16.4. The maximum atomic E-state index is 10.6. The molecule has 0 atom stereocenters. The summed E-state index contributed by atoms with van der Waals surface area (Å²) in [5, 5.41) is 17.3. The summed E-state index contributed by atoms with van der Waals surface area (Å²) in [6.07, 6.45) is 9.32. The van der Waals surface area contributed by atoms with Crippen LogP contribution in [-0.4, -0.2) is 22.2 Å². The van der Waals surface area contributed by atoms with Gasteiger partial charge >= 0.3 is 11.9 Å². The Bertz CT molecular complexity index is 327. The van der Waals surface area contributed by atoms with Crippen LogP contribution in [0, 0.1) is 24.7 Å². The first-order valence-corrected chi connectivity index (χ1v) is 3.60. The van der Waals surface area contributed by atoms with Crippen molar-refractivity contribution in [2.45, 2.75) is 12.8 Å². The molecule has 0 heterocycles. The van der Waals surface area contributed by atoms with E-state index >= 15 is 0 Å². The van der Waals surface area contributed by atoms with E-state index in [0.717, 1.165) is 0 Å². The molecular formula is C10H8O4. The van der Waals surface area contributed by atoms with Gasteiger partial charge < -0.3 is 10.2 Å². The van der Waals surface area contributed by atoms with Crippen molar-refractivity contribution in [2.24, 2.45) is 0 Å². The van der Waals surface area contributed by atoms with E-state index in [4.69, 9.17) is 23.1 Å². The van der Waals surface area contributed by atoms with Gasteiger partial charge in [0, 0.05) is 12.8 Å². The SMILES string of the molecule is C#CC/C(C(=O)O)=C(/CC#C)C(=O)O. The van der Waals surface area contributed by atoms with Crippen LogP contribution in [0.25, 0.3) is 0 Å². The second-order valence-corrected chi connectivity index (χ2v) is 2.33. The van der Waals surface area contributed by atoms with Crippen LogP contribution in [0.5, 0.6) is 0 Å². The Morgan fingerprint density at radius 2 is 1.21 bits per heavy atom. The molecule has 0 aliphatic rings. The normalized spacial score (nSPS) is 10.7. The van der Waals surface area contributed by atoms with E-state index in [9.17, 15) is 9.59 Å². The molecule has 0 unspecified atom stereocenters. The van der Waals surface area contributed by atoms with Crippen molar-refractivity contribution in [1.82, 2.24) is 0 Å². The van der Waals surface area contributed by atoms with Crippen molar-refractivity contribution in [3.05, 3.63) is 11.1 Å². The van der Waals surface area contributed by atoms with E-state index in [1.807, 2.05) is 0 Å². The third-order valence-electron chi connectivity index (χ3n) is 1.44. The molecule has 2 N–H and O–H groups in total. The summed E-state index contributed by atoms with van der Waals surface area (Å²) in [6.45, 7) is 0. The van der Waals surface area contributed by atoms with Gasteiger partial charge in [-0.1, -0.05) is 0 Å². The van der Waals surface area contributed by atoms with Crippen molar-refractivity contribution in [3.8, 4) is 24.7 Å². The van der Waals surface area contributed by atoms with Gasteiger partial charge in [0.1, 0.15) is 0 Å². The number of terminal acetylenes is 2. The Hall–Kier alpha value is -2.20. The zero-order chi connectivity index (χ0) is 11.1. The first-order chi connectivity index (χ1) is 6.54. The number of hydrogen-bond acceptors (Lipinski definition) is 2. The summed E-state index contributed by atoms with van der Waals surface area (Å²) in [4.78, 5) is 21.2. The van der Waals surface area contributed by atoms with E-state index in [-0.39, 0.29) is 24.0 Å². The summed E-state index contributed by atoms with van der Waals surface area (Å²) in [5.74, 6) is 1.44. The quantitative estimate of drug-likeness (QED) is 0.502. The number of carbonyl (C=O) groups is 2. The number of aliphatic carboxylic acids is 2. The highest BCUT2D eigenvalue weighted by Gasteiger charge is 2.18. The smallest absolute Gasteiger partial charge is 0.333 e. The van der Waals surface area contributed by atoms with Crippen LogP contribution in [0.1, 0.15) is 12.8 Å². The molecule has 72 valence electrons. The van der Waals surface area contributed by atoms with E-state index < -0.39 is 11.9 Å². The molecule has 4 nitrogen and oxygen atoms in total. The van der Waals surface area contributed by atoms with Crippen molar-refractivity contribution >= 4 is 11.9 Å². The monoisotopic (exact) mass is 192 g/mol. The van der Waals surface area contributed by atoms with Gasteiger partial charge in [-0.05, 0) is 0 Å². The predicted octanol–water partition coefficient (Wildman–Crippen LogP) is 0.499. The third-order valence-corrected chi connectivity index (χ3v) is 1.44. The molecular weight excluding hydrogens is 184 g/mol. The number of hydrogen-bond donors (Lipinski definition) is 2. The summed E-state index contributed by atoms with van der Waals surface area (Å²) in [7, 11) is 0. The van der Waals surface area contributed by atoms with Crippen LogP contribution in [0.2, 0.25) is 0 Å². The molecule has 0 aliphatic carbocycles. The average Bonchev–Trinajstić information content (AvgIpc) is 2.10. The Morgan fingerprint density at radius 1 is 0.929 bits per heavy atom. The maximum absolute atomic E-state index is 10.6. The molecule has 0 aromatic heterocycles. The lowest BCUT2D eigenvalue weighted by atomic mass is 10.0. The molecule has 0 bridgehead atoms. The topological polar surface area (TPSA) is 74.6 Å². The van der Waals surface area contributed by atoms with Gasteiger partial charge in [-0.3, -0.25) is 0 Å². The summed E-state index contributed by atoms with van der Waals surface area (Å²) in [5.41, 5.74) is -0.670. The van der Waals surface area contributed by atoms with E-state index in [1.54, 1.807) is 0 Å². The first kappa shape index (κ1) is 11.8. The average molecular weight is 192 g/mol. The second kappa shape index (κ2) is 5.45. The third kappa shape index (κ3) is 3.04. The molecule has 0 amide bonds. The molecule has 0 rings (SSSR count). The van der Waals surface area contributed by atoms with Crippen molar-refractivity contribution in [3.63, 3.8) is 0 Å². The summed E-state index contributed by atoms with van der Waals surface area (Å²) >= 11 is 0. The second-order valence-electron chi connectivity index (χ2n) is 2.33. The summed E-state index contributed by atoms with van der Waals surface area (Å²) < 4.78 is 0. The zero-order valence-corrected chi connectivity index (χ0v) is 7.28. The molecule has 0 radical (unpaired) electrons. The Balaban J connectivity index is 5.30. The van der Waals surface area contributed by atoms with Gasteiger partial charge in [-0.25, -0.2) is 9.59 Å². The Labute approximate surface area is 81.2 Å². The van der Waals surface area contributed by atoms with E-state index in [2.05, 4.69) is 11.8 Å². The minimum absolute atomic E-state index is 0.251. The molecule has 0 fully saturated rings. The number of carboxylic acid groups (broad SMARTS) is 2. The fourth-order valence-corrected chi connectivity index (χ4v) is 0.827. The molecule has 14 heavy (non-hydrogen) atoms. The Kier molecular flexibility index (Phi) is 4.59. The van der Waals surface area contributed by atoms with Crippen LogP contribution in [0.15, 0.2) is 11.1 Å². The van der Waals surface area contributed by atoms with Crippen LogP contribution in [0.3, 0.4) is 0 Å². The van der Waals surface area contributed by atoms with Crippen molar-refractivity contribution in [2.75, 3.05) is 0 Å². The van der Waals surface area contributed by atoms with Crippen LogP contribution < -0.4 is 0 Å². The van der Waals surface area contributed by atoms with Crippen LogP contribution >= 0.6 is 0 Å². The lowest BCUT2D eigenvalue weighted by molar-refractivity contribution is -0.136. The number of carboxylic acids is 2. The molecule has 0 saturated carbocycles. The maximum Gasteiger partial charge on any atom is 0.333 e. The zero-order valence-electron chi connectivity index (χ0n) is 7.28. The number of rotatable bonds is 4. The van der Waals surface area contributed by atoms with Gasteiger partial charge in [-0.2, -0.15) is 0 Å². The fourth-order valence-electron chi connectivity index (χ4n) is 0.827. The minimum atomic E-state index is -1.35. The van der Waals surface area contributed by atoms with Gasteiger partial charge in [0.15, 0.2) is 0 Å². The van der Waals surface area contributed by atoms with Gasteiger partial charge in [-0.15, -0.1) is 24.7 Å². The molecule has 0 aromatic carbocycles. The standard InChI is InChI=1S/C10H8O4/c1-3-5-7(9(11)12)8(6-4-2)10(13)14/h1-2H,5-6H2,(H,11,12)(H,13,14)/b8-7+.